The fraction of sp³-hybridized carbons (Fsp3) is 0.375. The zero-order valence-electron chi connectivity index (χ0n) is 6.98. The van der Waals surface area contributed by atoms with Crippen molar-refractivity contribution in [1.29, 1.82) is 0 Å². The van der Waals surface area contributed by atoms with Crippen LogP contribution in [0.4, 0.5) is 8.78 Å². The SMILES string of the molecule is OCc1cc(CBr)nc(C(F)F)c1I. The van der Waals surface area contributed by atoms with E-state index in [9.17, 15) is 8.78 Å². The van der Waals surface area contributed by atoms with Gasteiger partial charge in [0.25, 0.3) is 6.43 Å². The fourth-order valence-electron chi connectivity index (χ4n) is 0.993. The van der Waals surface area contributed by atoms with Gasteiger partial charge in [-0.25, -0.2) is 13.8 Å². The number of hydrogen-bond acceptors (Lipinski definition) is 2. The molecule has 0 saturated carbocycles. The Labute approximate surface area is 102 Å². The number of aliphatic hydroxyl groups excluding tert-OH is 1. The van der Waals surface area contributed by atoms with Gasteiger partial charge in [0.2, 0.25) is 0 Å². The van der Waals surface area contributed by atoms with Gasteiger partial charge in [0.15, 0.2) is 0 Å². The Balaban J connectivity index is 3.27. The van der Waals surface area contributed by atoms with Gasteiger partial charge in [-0.3, -0.25) is 0 Å². The van der Waals surface area contributed by atoms with Crippen LogP contribution in [0.25, 0.3) is 0 Å². The number of aliphatic hydroxyl groups is 1. The molecule has 0 aliphatic rings. The minimum absolute atomic E-state index is 0.249. The van der Waals surface area contributed by atoms with Crippen LogP contribution in [0, 0.1) is 3.57 Å². The largest absolute Gasteiger partial charge is 0.392 e. The molecular weight excluding hydrogens is 371 g/mol. The number of alkyl halides is 3. The molecule has 0 radical (unpaired) electrons. The highest BCUT2D eigenvalue weighted by molar-refractivity contribution is 14.1. The van der Waals surface area contributed by atoms with Crippen LogP contribution in [0.1, 0.15) is 23.4 Å². The summed E-state index contributed by atoms with van der Waals surface area (Å²) in [7, 11) is 0. The summed E-state index contributed by atoms with van der Waals surface area (Å²) >= 11 is 4.91. The maximum absolute atomic E-state index is 12.5. The smallest absolute Gasteiger partial charge is 0.281 e. The fourth-order valence-corrected chi connectivity index (χ4v) is 1.96. The first-order valence-corrected chi connectivity index (χ1v) is 5.93. The molecule has 0 bridgehead atoms. The van der Waals surface area contributed by atoms with Crippen LogP contribution in [0.15, 0.2) is 6.07 Å². The van der Waals surface area contributed by atoms with Gasteiger partial charge in [-0.1, -0.05) is 15.9 Å². The van der Waals surface area contributed by atoms with Gasteiger partial charge in [0.1, 0.15) is 5.69 Å². The van der Waals surface area contributed by atoms with Crippen molar-refractivity contribution >= 4 is 38.5 Å². The summed E-state index contributed by atoms with van der Waals surface area (Å²) in [4.78, 5) is 3.78. The van der Waals surface area contributed by atoms with Gasteiger partial charge in [-0.05, 0) is 34.2 Å². The Hall–Kier alpha value is 0.180. The minimum Gasteiger partial charge on any atom is -0.392 e. The molecule has 6 heteroatoms. The zero-order valence-corrected chi connectivity index (χ0v) is 10.7. The highest BCUT2D eigenvalue weighted by atomic mass is 127. The number of pyridine rings is 1. The van der Waals surface area contributed by atoms with Crippen LogP contribution in [0.5, 0.6) is 0 Å². The van der Waals surface area contributed by atoms with E-state index in [1.165, 1.54) is 0 Å². The van der Waals surface area contributed by atoms with Gasteiger partial charge < -0.3 is 5.11 Å². The average molecular weight is 378 g/mol. The van der Waals surface area contributed by atoms with Crippen LogP contribution in [-0.2, 0) is 11.9 Å². The normalized spacial score (nSPS) is 11.0. The molecule has 1 aromatic rings. The van der Waals surface area contributed by atoms with Crippen LogP contribution in [0.3, 0.4) is 0 Å². The summed E-state index contributed by atoms with van der Waals surface area (Å²) in [5.41, 5.74) is 0.738. The lowest BCUT2D eigenvalue weighted by atomic mass is 10.2. The summed E-state index contributed by atoms with van der Waals surface area (Å²) in [6.45, 7) is -0.249. The van der Waals surface area contributed by atoms with Crippen molar-refractivity contribution in [3.8, 4) is 0 Å². The second-order valence-electron chi connectivity index (χ2n) is 2.56. The Kier molecular flexibility index (Phi) is 4.65. The summed E-state index contributed by atoms with van der Waals surface area (Å²) < 4.78 is 25.3. The average Bonchev–Trinajstić information content (AvgIpc) is 2.17. The molecule has 1 N–H and O–H groups in total. The first-order chi connectivity index (χ1) is 6.60. The third kappa shape index (κ3) is 2.60. The third-order valence-electron chi connectivity index (χ3n) is 1.63. The summed E-state index contributed by atoms with van der Waals surface area (Å²) in [5.74, 6) is 0. The van der Waals surface area contributed by atoms with Crippen molar-refractivity contribution < 1.29 is 13.9 Å². The van der Waals surface area contributed by atoms with Gasteiger partial charge in [0, 0.05) is 8.90 Å². The van der Waals surface area contributed by atoms with Gasteiger partial charge in [0.05, 0.1) is 12.3 Å². The van der Waals surface area contributed by atoms with Crippen LogP contribution in [0.2, 0.25) is 0 Å². The highest BCUT2D eigenvalue weighted by Crippen LogP contribution is 2.26. The van der Waals surface area contributed by atoms with E-state index in [2.05, 4.69) is 20.9 Å². The Morgan fingerprint density at radius 2 is 2.21 bits per heavy atom. The van der Waals surface area contributed by atoms with E-state index in [1.54, 1.807) is 28.7 Å². The van der Waals surface area contributed by atoms with Gasteiger partial charge in [-0.15, -0.1) is 0 Å². The monoisotopic (exact) mass is 377 g/mol. The van der Waals surface area contributed by atoms with Crippen molar-refractivity contribution in [2.24, 2.45) is 0 Å². The van der Waals surface area contributed by atoms with E-state index in [1.807, 2.05) is 0 Å². The van der Waals surface area contributed by atoms with Crippen molar-refractivity contribution in [3.05, 3.63) is 26.6 Å². The summed E-state index contributed by atoms with van der Waals surface area (Å²) in [6.07, 6.45) is -2.61. The molecule has 0 amide bonds. The number of halogens is 4. The Bertz CT molecular complexity index is 335. The van der Waals surface area contributed by atoms with E-state index in [0.29, 0.717) is 20.2 Å². The predicted octanol–water partition coefficient (Wildman–Crippen LogP) is 3.01. The van der Waals surface area contributed by atoms with E-state index >= 15 is 0 Å². The molecule has 2 nitrogen and oxygen atoms in total. The zero-order chi connectivity index (χ0) is 10.7. The highest BCUT2D eigenvalue weighted by Gasteiger charge is 2.17. The van der Waals surface area contributed by atoms with Crippen LogP contribution < -0.4 is 0 Å². The Morgan fingerprint density at radius 3 is 2.64 bits per heavy atom. The van der Waals surface area contributed by atoms with E-state index in [-0.39, 0.29) is 12.3 Å². The van der Waals surface area contributed by atoms with Crippen molar-refractivity contribution in [2.45, 2.75) is 18.4 Å². The molecule has 1 aromatic heterocycles. The molecule has 0 aliphatic carbocycles. The first kappa shape index (κ1) is 12.3. The first-order valence-electron chi connectivity index (χ1n) is 3.73. The number of rotatable bonds is 3. The van der Waals surface area contributed by atoms with E-state index in [4.69, 9.17) is 5.11 Å². The maximum Gasteiger partial charge on any atom is 0.281 e. The van der Waals surface area contributed by atoms with E-state index in [0.717, 1.165) is 0 Å². The topological polar surface area (TPSA) is 33.1 Å². The number of hydrogen-bond donors (Lipinski definition) is 1. The lowest BCUT2D eigenvalue weighted by Gasteiger charge is -2.08. The number of aromatic nitrogens is 1. The quantitative estimate of drug-likeness (QED) is 0.648. The van der Waals surface area contributed by atoms with Gasteiger partial charge >= 0.3 is 0 Å². The standard InChI is InChI=1S/C8H7BrF2INO/c9-2-5-1-4(3-14)6(12)7(13-5)8(10)11/h1,8,14H,2-3H2. The number of nitrogens with zero attached hydrogens (tertiary/aromatic N) is 1. The molecule has 0 saturated heterocycles. The molecule has 0 atom stereocenters. The minimum atomic E-state index is -2.61. The van der Waals surface area contributed by atoms with Crippen LogP contribution >= 0.6 is 38.5 Å². The molecule has 0 fully saturated rings. The van der Waals surface area contributed by atoms with Crippen molar-refractivity contribution in [1.82, 2.24) is 4.98 Å². The molecular formula is C8H7BrF2INO. The molecule has 0 aromatic carbocycles. The second-order valence-corrected chi connectivity index (χ2v) is 4.20. The molecule has 78 valence electrons. The molecule has 14 heavy (non-hydrogen) atoms. The second kappa shape index (κ2) is 5.32. The van der Waals surface area contributed by atoms with Crippen LogP contribution in [-0.4, -0.2) is 10.1 Å². The van der Waals surface area contributed by atoms with Crippen molar-refractivity contribution in [3.63, 3.8) is 0 Å². The lowest BCUT2D eigenvalue weighted by Crippen LogP contribution is -2.03. The maximum atomic E-state index is 12.5. The molecule has 0 spiro atoms. The third-order valence-corrected chi connectivity index (χ3v) is 3.45. The lowest BCUT2D eigenvalue weighted by molar-refractivity contribution is 0.144. The molecule has 0 unspecified atom stereocenters. The summed E-state index contributed by atoms with van der Waals surface area (Å²) in [5, 5.41) is 9.35. The molecule has 1 heterocycles. The van der Waals surface area contributed by atoms with Crippen molar-refractivity contribution in [2.75, 3.05) is 0 Å². The molecule has 1 rings (SSSR count). The van der Waals surface area contributed by atoms with E-state index < -0.39 is 6.43 Å². The molecule has 0 aliphatic heterocycles. The Morgan fingerprint density at radius 1 is 1.57 bits per heavy atom. The predicted molar refractivity (Wildman–Crippen MR) is 60.5 cm³/mol. The van der Waals surface area contributed by atoms with Gasteiger partial charge in [-0.2, -0.15) is 0 Å². The summed E-state index contributed by atoms with van der Waals surface area (Å²) in [6, 6.07) is 1.61.